The Labute approximate surface area is 278 Å². The van der Waals surface area contributed by atoms with E-state index in [2.05, 4.69) is 27.5 Å². The van der Waals surface area contributed by atoms with E-state index in [0.29, 0.717) is 31.4 Å². The summed E-state index contributed by atoms with van der Waals surface area (Å²) in [4.78, 5) is 44.4. The third-order valence-electron chi connectivity index (χ3n) is 8.79. The highest BCUT2D eigenvalue weighted by Crippen LogP contribution is 2.36. The van der Waals surface area contributed by atoms with E-state index >= 15 is 0 Å². The van der Waals surface area contributed by atoms with Gasteiger partial charge >= 0.3 is 0 Å². The number of carbonyl (C=O) groups is 3. The number of hydrogen-bond acceptors (Lipinski definition) is 5. The third kappa shape index (κ3) is 7.60. The highest BCUT2D eigenvalue weighted by atomic mass is 32.2. The zero-order chi connectivity index (χ0) is 34.1. The van der Waals surface area contributed by atoms with Crippen molar-refractivity contribution in [3.05, 3.63) is 89.5 Å². The van der Waals surface area contributed by atoms with Gasteiger partial charge in [-0.15, -0.1) is 0 Å². The Hall–Kier alpha value is -4.02. The van der Waals surface area contributed by atoms with E-state index in [1.165, 1.54) is 11.1 Å². The van der Waals surface area contributed by atoms with Crippen molar-refractivity contribution >= 4 is 27.7 Å². The van der Waals surface area contributed by atoms with Gasteiger partial charge < -0.3 is 15.5 Å². The highest BCUT2D eigenvalue weighted by molar-refractivity contribution is 7.89. The second-order valence-electron chi connectivity index (χ2n) is 14.1. The van der Waals surface area contributed by atoms with Crippen LogP contribution in [0, 0.1) is 11.8 Å². The molecule has 0 unspecified atom stereocenters. The molecule has 47 heavy (non-hydrogen) atoms. The Bertz CT molecular complexity index is 1700. The molecule has 5 rings (SSSR count). The van der Waals surface area contributed by atoms with E-state index in [0.717, 1.165) is 11.1 Å². The maximum Gasteiger partial charge on any atom is 0.247 e. The summed E-state index contributed by atoms with van der Waals surface area (Å²) in [6.45, 7) is 11.7. The third-order valence-corrected chi connectivity index (χ3v) is 10.4. The van der Waals surface area contributed by atoms with E-state index in [1.54, 1.807) is 36.1 Å². The molecule has 1 saturated heterocycles. The van der Waals surface area contributed by atoms with Gasteiger partial charge in [0.2, 0.25) is 27.7 Å². The normalized spacial score (nSPS) is 19.4. The van der Waals surface area contributed by atoms with Crippen LogP contribution in [0.3, 0.4) is 0 Å². The molecule has 1 aliphatic carbocycles. The Balaban J connectivity index is 1.52. The molecule has 0 spiro atoms. The van der Waals surface area contributed by atoms with Crippen molar-refractivity contribution in [1.29, 1.82) is 0 Å². The molecule has 0 aromatic heterocycles. The first-order valence-electron chi connectivity index (χ1n) is 16.4. The molecule has 3 aromatic carbocycles. The molecule has 3 aromatic rings. The van der Waals surface area contributed by atoms with Crippen LogP contribution in [0.15, 0.2) is 77.7 Å². The predicted octanol–water partition coefficient (Wildman–Crippen LogP) is 4.76. The molecule has 0 saturated carbocycles. The molecular weight excluding hydrogens is 612 g/mol. The van der Waals surface area contributed by atoms with Crippen LogP contribution in [0.25, 0.3) is 11.1 Å². The lowest BCUT2D eigenvalue weighted by Gasteiger charge is -2.45. The number of rotatable bonds is 10. The SMILES string of the molecule is CCNS(=O)(=O)c1ccc(-c2ccc([C@H](C(=O)NC(C)(C)C)N3C(=O)[C@@H](C4Cc5ccccc5C4)NC(=O)[C@H]3CC(C)C)cc2)cc1. The van der Waals surface area contributed by atoms with Gasteiger partial charge in [0, 0.05) is 12.1 Å². The van der Waals surface area contributed by atoms with Crippen molar-refractivity contribution in [2.75, 3.05) is 6.54 Å². The van der Waals surface area contributed by atoms with Gasteiger partial charge in [0.1, 0.15) is 18.1 Å². The lowest BCUT2D eigenvalue weighted by Crippen LogP contribution is -2.67. The summed E-state index contributed by atoms with van der Waals surface area (Å²) in [7, 11) is -3.58. The molecule has 0 radical (unpaired) electrons. The van der Waals surface area contributed by atoms with Crippen molar-refractivity contribution in [1.82, 2.24) is 20.3 Å². The first kappa shape index (κ1) is 34.3. The number of benzene rings is 3. The zero-order valence-corrected chi connectivity index (χ0v) is 28.9. The van der Waals surface area contributed by atoms with Gasteiger partial charge in [-0.25, -0.2) is 13.1 Å². The van der Waals surface area contributed by atoms with E-state index in [9.17, 15) is 22.8 Å². The summed E-state index contributed by atoms with van der Waals surface area (Å²) in [5.74, 6) is -0.852. The number of sulfonamides is 1. The minimum Gasteiger partial charge on any atom is -0.349 e. The molecule has 250 valence electrons. The standard InChI is InChI=1S/C37H46N4O5S/c1-7-38-47(45,46)30-18-16-25(17-19-30)24-12-14-26(15-13-24)33(35(43)40-37(4,5)6)41-31(20-23(2)3)34(42)39-32(36(41)44)29-21-27-10-8-9-11-28(27)22-29/h8-19,23,29,31-33,38H,7,20-22H2,1-6H3,(H,39,42)(H,40,43)/t31-,32-,33-/m1/s1. The van der Waals surface area contributed by atoms with Crippen LogP contribution < -0.4 is 15.4 Å². The minimum atomic E-state index is -3.58. The fourth-order valence-corrected chi connectivity index (χ4v) is 7.75. The quantitative estimate of drug-likeness (QED) is 0.290. The monoisotopic (exact) mass is 658 g/mol. The fraction of sp³-hybridized carbons (Fsp3) is 0.432. The molecule has 10 heteroatoms. The predicted molar refractivity (Wildman–Crippen MR) is 183 cm³/mol. The molecule has 1 aliphatic heterocycles. The van der Waals surface area contributed by atoms with Crippen LogP contribution in [0.1, 0.15) is 70.7 Å². The van der Waals surface area contributed by atoms with Crippen molar-refractivity contribution in [3.63, 3.8) is 0 Å². The topological polar surface area (TPSA) is 125 Å². The van der Waals surface area contributed by atoms with E-state index in [1.807, 2.05) is 71.0 Å². The molecule has 1 heterocycles. The van der Waals surface area contributed by atoms with Gasteiger partial charge in [-0.1, -0.05) is 81.4 Å². The van der Waals surface area contributed by atoms with Gasteiger partial charge in [0.05, 0.1) is 4.90 Å². The van der Waals surface area contributed by atoms with Crippen molar-refractivity contribution in [2.24, 2.45) is 11.8 Å². The summed E-state index contributed by atoms with van der Waals surface area (Å²) in [5, 5.41) is 6.14. The molecule has 1 fully saturated rings. The summed E-state index contributed by atoms with van der Waals surface area (Å²) >= 11 is 0. The summed E-state index contributed by atoms with van der Waals surface area (Å²) in [6.07, 6.45) is 1.77. The molecule has 0 bridgehead atoms. The van der Waals surface area contributed by atoms with Crippen LogP contribution in [0.4, 0.5) is 0 Å². The lowest BCUT2D eigenvalue weighted by atomic mass is 9.87. The number of piperazine rings is 1. The molecule has 3 amide bonds. The number of amides is 3. The summed E-state index contributed by atoms with van der Waals surface area (Å²) < 4.78 is 27.3. The van der Waals surface area contributed by atoms with Crippen molar-refractivity contribution in [3.8, 4) is 11.1 Å². The van der Waals surface area contributed by atoms with Gasteiger partial charge in [-0.2, -0.15) is 0 Å². The molecular formula is C37H46N4O5S. The maximum atomic E-state index is 14.6. The van der Waals surface area contributed by atoms with Crippen molar-refractivity contribution in [2.45, 2.75) is 89.4 Å². The first-order chi connectivity index (χ1) is 22.2. The van der Waals surface area contributed by atoms with Crippen molar-refractivity contribution < 1.29 is 22.8 Å². The zero-order valence-electron chi connectivity index (χ0n) is 28.0. The number of nitrogens with one attached hydrogen (secondary N) is 3. The largest absolute Gasteiger partial charge is 0.349 e. The molecule has 3 atom stereocenters. The average molecular weight is 659 g/mol. The molecule has 2 aliphatic rings. The van der Waals surface area contributed by atoms with Crippen LogP contribution in [-0.2, 0) is 37.2 Å². The van der Waals surface area contributed by atoms with Crippen LogP contribution in [0.5, 0.6) is 0 Å². The number of carbonyl (C=O) groups excluding carboxylic acids is 3. The Morgan fingerprint density at radius 3 is 1.98 bits per heavy atom. The maximum absolute atomic E-state index is 14.6. The van der Waals surface area contributed by atoms with Gasteiger partial charge in [-0.3, -0.25) is 14.4 Å². The molecule has 9 nitrogen and oxygen atoms in total. The average Bonchev–Trinajstić information content (AvgIpc) is 3.44. The van der Waals surface area contributed by atoms with Gasteiger partial charge in [0.25, 0.3) is 0 Å². The first-order valence-corrected chi connectivity index (χ1v) is 17.9. The number of fused-ring (bicyclic) bond motifs is 1. The summed E-state index contributed by atoms with van der Waals surface area (Å²) in [6, 6.07) is 19.5. The van der Waals surface area contributed by atoms with Crippen LogP contribution in [-0.4, -0.2) is 55.2 Å². The fourth-order valence-electron chi connectivity index (χ4n) is 6.71. The highest BCUT2D eigenvalue weighted by Gasteiger charge is 2.49. The Morgan fingerprint density at radius 1 is 0.915 bits per heavy atom. The van der Waals surface area contributed by atoms with Gasteiger partial charge in [0.15, 0.2) is 0 Å². The Morgan fingerprint density at radius 2 is 1.47 bits per heavy atom. The molecule has 3 N–H and O–H groups in total. The van der Waals surface area contributed by atoms with E-state index in [4.69, 9.17) is 0 Å². The van der Waals surface area contributed by atoms with E-state index < -0.39 is 33.7 Å². The van der Waals surface area contributed by atoms with Crippen LogP contribution in [0.2, 0.25) is 0 Å². The summed E-state index contributed by atoms with van der Waals surface area (Å²) in [5.41, 5.74) is 3.99. The van der Waals surface area contributed by atoms with E-state index in [-0.39, 0.29) is 34.5 Å². The van der Waals surface area contributed by atoms with Crippen LogP contribution >= 0.6 is 0 Å². The lowest BCUT2D eigenvalue weighted by molar-refractivity contribution is -0.158. The second kappa shape index (κ2) is 13.6. The Kier molecular flexibility index (Phi) is 9.94. The smallest absolute Gasteiger partial charge is 0.247 e. The minimum absolute atomic E-state index is 0.0985. The number of hydrogen-bond donors (Lipinski definition) is 3. The second-order valence-corrected chi connectivity index (χ2v) is 15.9. The number of nitrogens with zero attached hydrogens (tertiary/aromatic N) is 1. The van der Waals surface area contributed by atoms with Gasteiger partial charge in [-0.05, 0) is 91.8 Å².